The number of anilines is 1. The van der Waals surface area contributed by atoms with Crippen molar-refractivity contribution < 1.29 is 4.57 Å². The summed E-state index contributed by atoms with van der Waals surface area (Å²) in [5.41, 5.74) is 3.87. The van der Waals surface area contributed by atoms with Crippen LogP contribution >= 0.6 is 0 Å². The molecule has 0 amide bonds. The number of hydrogen-bond donors (Lipinski definition) is 0. The van der Waals surface area contributed by atoms with Gasteiger partial charge >= 0.3 is 0 Å². The van der Waals surface area contributed by atoms with E-state index in [4.69, 9.17) is 0 Å². The van der Waals surface area contributed by atoms with Crippen molar-refractivity contribution in [3.05, 3.63) is 36.0 Å². The van der Waals surface area contributed by atoms with Crippen LogP contribution in [0.2, 0.25) is 0 Å². The molecule has 0 unspecified atom stereocenters. The van der Waals surface area contributed by atoms with Crippen LogP contribution in [0.1, 0.15) is 12.6 Å². The first-order chi connectivity index (χ1) is 7.63. The van der Waals surface area contributed by atoms with E-state index >= 15 is 0 Å². The van der Waals surface area contributed by atoms with E-state index in [1.165, 1.54) is 22.3 Å². The fourth-order valence-electron chi connectivity index (χ4n) is 2.11. The molecule has 2 nitrogen and oxygen atoms in total. The molecule has 2 rings (SSSR count). The number of rotatable bonds is 2. The van der Waals surface area contributed by atoms with Gasteiger partial charge < -0.3 is 4.90 Å². The molecule has 0 saturated heterocycles. The zero-order valence-corrected chi connectivity index (χ0v) is 10.5. The van der Waals surface area contributed by atoms with Crippen LogP contribution in [-0.4, -0.2) is 14.1 Å². The third-order valence-corrected chi connectivity index (χ3v) is 3.06. The number of fused-ring (bicyclic) bond motifs is 1. The van der Waals surface area contributed by atoms with E-state index in [1.54, 1.807) is 0 Å². The summed E-state index contributed by atoms with van der Waals surface area (Å²) in [5.74, 6) is 0. The quantitative estimate of drug-likeness (QED) is 0.698. The van der Waals surface area contributed by atoms with Crippen molar-refractivity contribution >= 4 is 16.6 Å². The molecule has 1 aromatic heterocycles. The highest BCUT2D eigenvalue weighted by Gasteiger charge is 2.10. The lowest BCUT2D eigenvalue weighted by atomic mass is 10.1. The van der Waals surface area contributed by atoms with Gasteiger partial charge in [-0.05, 0) is 25.1 Å². The van der Waals surface area contributed by atoms with Gasteiger partial charge in [0.05, 0.1) is 0 Å². The van der Waals surface area contributed by atoms with Crippen molar-refractivity contribution in [2.75, 3.05) is 19.0 Å². The lowest BCUT2D eigenvalue weighted by Crippen LogP contribution is -2.36. The molecule has 1 heterocycles. The van der Waals surface area contributed by atoms with Crippen LogP contribution in [0.3, 0.4) is 0 Å². The number of pyridine rings is 1. The first kappa shape index (κ1) is 10.9. The minimum absolute atomic E-state index is 1.02. The predicted octanol–water partition coefficient (Wildman–Crippen LogP) is 2.52. The van der Waals surface area contributed by atoms with E-state index in [-0.39, 0.29) is 0 Å². The van der Waals surface area contributed by atoms with Gasteiger partial charge in [-0.3, -0.25) is 0 Å². The molecule has 0 bridgehead atoms. The molecule has 0 atom stereocenters. The standard InChI is InChI=1S/C14H19N2/c1-5-16-11(2)6-7-12-10-13(15(3)4)8-9-14(12)16/h6-10H,5H2,1-4H3/q+1. The van der Waals surface area contributed by atoms with Gasteiger partial charge in [-0.1, -0.05) is 0 Å². The Kier molecular flexibility index (Phi) is 2.82. The maximum absolute atomic E-state index is 2.34. The largest absolute Gasteiger partial charge is 0.378 e. The summed E-state index contributed by atoms with van der Waals surface area (Å²) >= 11 is 0. The van der Waals surface area contributed by atoms with Crippen LogP contribution in [0, 0.1) is 6.92 Å². The van der Waals surface area contributed by atoms with E-state index in [0.717, 1.165) is 6.54 Å². The van der Waals surface area contributed by atoms with E-state index in [1.807, 2.05) is 0 Å². The second kappa shape index (κ2) is 4.12. The van der Waals surface area contributed by atoms with Crippen LogP contribution in [0.5, 0.6) is 0 Å². The Labute approximate surface area is 97.1 Å². The van der Waals surface area contributed by atoms with Crippen LogP contribution in [0.25, 0.3) is 10.9 Å². The zero-order chi connectivity index (χ0) is 11.7. The summed E-state index contributed by atoms with van der Waals surface area (Å²) in [6.07, 6.45) is 0. The van der Waals surface area contributed by atoms with Crippen molar-refractivity contribution in [1.29, 1.82) is 0 Å². The highest BCUT2D eigenvalue weighted by atomic mass is 15.1. The normalized spacial score (nSPS) is 10.8. The lowest BCUT2D eigenvalue weighted by Gasteiger charge is -2.12. The van der Waals surface area contributed by atoms with Gasteiger partial charge in [0.25, 0.3) is 0 Å². The van der Waals surface area contributed by atoms with Crippen LogP contribution in [-0.2, 0) is 6.54 Å². The molecule has 84 valence electrons. The Hall–Kier alpha value is -1.57. The number of aromatic nitrogens is 1. The Morgan fingerprint density at radius 1 is 1.12 bits per heavy atom. The molecule has 0 spiro atoms. The molecular formula is C14H19N2+. The van der Waals surface area contributed by atoms with Crippen molar-refractivity contribution in [2.24, 2.45) is 0 Å². The minimum Gasteiger partial charge on any atom is -0.378 e. The summed E-state index contributed by atoms with van der Waals surface area (Å²) in [5, 5.41) is 1.30. The van der Waals surface area contributed by atoms with Crippen LogP contribution < -0.4 is 9.47 Å². The van der Waals surface area contributed by atoms with Gasteiger partial charge in [-0.2, -0.15) is 4.57 Å². The monoisotopic (exact) mass is 215 g/mol. The summed E-state index contributed by atoms with van der Waals surface area (Å²) < 4.78 is 2.34. The summed E-state index contributed by atoms with van der Waals surface area (Å²) in [6, 6.07) is 11.0. The molecule has 0 aliphatic rings. The molecular weight excluding hydrogens is 196 g/mol. The number of nitrogens with zero attached hydrogens (tertiary/aromatic N) is 2. The molecule has 1 aromatic carbocycles. The Bertz CT molecular complexity index is 515. The first-order valence-electron chi connectivity index (χ1n) is 5.74. The molecule has 2 heteroatoms. The second-order valence-electron chi connectivity index (χ2n) is 4.36. The number of benzene rings is 1. The topological polar surface area (TPSA) is 7.12 Å². The molecule has 0 aliphatic carbocycles. The fourth-order valence-corrected chi connectivity index (χ4v) is 2.11. The summed E-state index contributed by atoms with van der Waals surface area (Å²) in [4.78, 5) is 2.13. The average Bonchev–Trinajstić information content (AvgIpc) is 2.28. The van der Waals surface area contributed by atoms with Crippen molar-refractivity contribution in [3.8, 4) is 0 Å². The predicted molar refractivity (Wildman–Crippen MR) is 68.9 cm³/mol. The minimum atomic E-state index is 1.02. The average molecular weight is 215 g/mol. The molecule has 0 aliphatic heterocycles. The second-order valence-corrected chi connectivity index (χ2v) is 4.36. The van der Waals surface area contributed by atoms with Gasteiger partial charge in [-0.15, -0.1) is 0 Å². The Morgan fingerprint density at radius 2 is 1.88 bits per heavy atom. The van der Waals surface area contributed by atoms with E-state index in [9.17, 15) is 0 Å². The molecule has 0 saturated carbocycles. The van der Waals surface area contributed by atoms with Crippen LogP contribution in [0.15, 0.2) is 30.3 Å². The van der Waals surface area contributed by atoms with E-state index < -0.39 is 0 Å². The zero-order valence-electron chi connectivity index (χ0n) is 10.5. The van der Waals surface area contributed by atoms with Crippen LogP contribution in [0.4, 0.5) is 5.69 Å². The SMILES string of the molecule is CC[n+]1c(C)ccc2cc(N(C)C)ccc21. The van der Waals surface area contributed by atoms with E-state index in [0.29, 0.717) is 0 Å². The first-order valence-corrected chi connectivity index (χ1v) is 5.74. The third-order valence-electron chi connectivity index (χ3n) is 3.06. The van der Waals surface area contributed by atoms with Gasteiger partial charge in [0, 0.05) is 44.2 Å². The van der Waals surface area contributed by atoms with Gasteiger partial charge in [-0.25, -0.2) is 0 Å². The maximum Gasteiger partial charge on any atom is 0.212 e. The van der Waals surface area contributed by atoms with Gasteiger partial charge in [0.15, 0.2) is 5.69 Å². The lowest BCUT2D eigenvalue weighted by molar-refractivity contribution is -0.673. The molecule has 0 radical (unpaired) electrons. The summed E-state index contributed by atoms with van der Waals surface area (Å²) in [6.45, 7) is 5.36. The number of aryl methyl sites for hydroxylation is 2. The fraction of sp³-hybridized carbons (Fsp3) is 0.357. The third kappa shape index (κ3) is 1.75. The Balaban J connectivity index is 2.69. The highest BCUT2D eigenvalue weighted by Crippen LogP contribution is 2.18. The van der Waals surface area contributed by atoms with Crippen molar-refractivity contribution in [3.63, 3.8) is 0 Å². The van der Waals surface area contributed by atoms with E-state index in [2.05, 4.69) is 67.7 Å². The van der Waals surface area contributed by atoms with Gasteiger partial charge in [0.1, 0.15) is 6.54 Å². The maximum atomic E-state index is 2.34. The molecule has 0 N–H and O–H groups in total. The molecule has 0 fully saturated rings. The van der Waals surface area contributed by atoms with Gasteiger partial charge in [0.2, 0.25) is 5.52 Å². The molecule has 2 aromatic rings. The molecule has 16 heavy (non-hydrogen) atoms. The highest BCUT2D eigenvalue weighted by molar-refractivity contribution is 5.80. The Morgan fingerprint density at radius 3 is 2.50 bits per heavy atom. The summed E-state index contributed by atoms with van der Waals surface area (Å²) in [7, 11) is 4.15. The smallest absolute Gasteiger partial charge is 0.212 e. The van der Waals surface area contributed by atoms with Crippen molar-refractivity contribution in [1.82, 2.24) is 0 Å². The number of hydrogen-bond acceptors (Lipinski definition) is 1. The van der Waals surface area contributed by atoms with Crippen molar-refractivity contribution in [2.45, 2.75) is 20.4 Å².